The van der Waals surface area contributed by atoms with Gasteiger partial charge in [-0.1, -0.05) is 18.2 Å². The normalized spacial score (nSPS) is 12.9. The topological polar surface area (TPSA) is 63.2 Å². The largest absolute Gasteiger partial charge is 0.457 e. The van der Waals surface area contributed by atoms with Crippen molar-refractivity contribution < 1.29 is 9.53 Å². The van der Waals surface area contributed by atoms with Crippen molar-refractivity contribution in [3.05, 3.63) is 83.7 Å². The Hall–Kier alpha value is -3.18. The van der Waals surface area contributed by atoms with Crippen molar-refractivity contribution in [3.8, 4) is 11.5 Å². The number of ether oxygens (including phenoxy) is 1. The van der Waals surface area contributed by atoms with Crippen LogP contribution in [0.1, 0.15) is 21.5 Å². The first-order valence-electron chi connectivity index (χ1n) is 8.60. The quantitative estimate of drug-likeness (QED) is 0.755. The molecule has 5 nitrogen and oxygen atoms in total. The summed E-state index contributed by atoms with van der Waals surface area (Å²) >= 11 is 0. The van der Waals surface area contributed by atoms with Gasteiger partial charge >= 0.3 is 0 Å². The Labute approximate surface area is 152 Å². The van der Waals surface area contributed by atoms with Crippen LogP contribution in [0.3, 0.4) is 0 Å². The van der Waals surface area contributed by atoms with E-state index in [9.17, 15) is 4.79 Å². The molecule has 1 aromatic heterocycles. The van der Waals surface area contributed by atoms with Gasteiger partial charge in [-0.05, 0) is 60.5 Å². The maximum Gasteiger partial charge on any atom is 0.257 e. The molecule has 130 valence electrons. The summed E-state index contributed by atoms with van der Waals surface area (Å²) in [7, 11) is 0. The average molecular weight is 345 g/mol. The number of nitrogens with zero attached hydrogens (tertiary/aromatic N) is 1. The van der Waals surface area contributed by atoms with Gasteiger partial charge in [0.2, 0.25) is 0 Å². The Morgan fingerprint density at radius 1 is 1.00 bits per heavy atom. The van der Waals surface area contributed by atoms with E-state index in [2.05, 4.69) is 15.6 Å². The molecule has 3 aromatic rings. The fourth-order valence-corrected chi connectivity index (χ4v) is 3.04. The number of carbonyl (C=O) groups is 1. The van der Waals surface area contributed by atoms with Crippen molar-refractivity contribution in [1.29, 1.82) is 0 Å². The van der Waals surface area contributed by atoms with Crippen molar-refractivity contribution in [3.63, 3.8) is 0 Å². The van der Waals surface area contributed by atoms with Crippen LogP contribution >= 0.6 is 0 Å². The Balaban J connectivity index is 1.47. The first-order chi connectivity index (χ1) is 12.8. The second kappa shape index (κ2) is 7.37. The van der Waals surface area contributed by atoms with Gasteiger partial charge in [-0.3, -0.25) is 9.78 Å². The maximum absolute atomic E-state index is 12.7. The lowest BCUT2D eigenvalue weighted by Gasteiger charge is -2.19. The molecule has 0 bridgehead atoms. The summed E-state index contributed by atoms with van der Waals surface area (Å²) in [5.74, 6) is 1.37. The number of para-hydroxylation sites is 1. The zero-order valence-electron chi connectivity index (χ0n) is 14.2. The minimum atomic E-state index is -0.132. The Morgan fingerprint density at radius 3 is 2.58 bits per heavy atom. The fraction of sp³-hybridized carbons (Fsp3) is 0.143. The molecule has 0 saturated carbocycles. The van der Waals surface area contributed by atoms with Gasteiger partial charge in [0.05, 0.1) is 5.56 Å². The molecule has 0 unspecified atom stereocenters. The van der Waals surface area contributed by atoms with E-state index in [1.807, 2.05) is 60.8 Å². The molecule has 1 aliphatic rings. The molecule has 26 heavy (non-hydrogen) atoms. The molecule has 0 aliphatic carbocycles. The standard InChI is InChI=1S/C21H19N3O2/c25-21(20-14-23-13-15-12-22-11-10-19(15)20)24-16-6-8-18(9-7-16)26-17-4-2-1-3-5-17/h1-9,13-14,22H,10-12H2,(H,24,25). The van der Waals surface area contributed by atoms with Gasteiger partial charge in [0, 0.05) is 24.6 Å². The van der Waals surface area contributed by atoms with Gasteiger partial charge in [0.15, 0.2) is 0 Å². The predicted molar refractivity (Wildman–Crippen MR) is 101 cm³/mol. The van der Waals surface area contributed by atoms with E-state index < -0.39 is 0 Å². The molecule has 0 fully saturated rings. The summed E-state index contributed by atoms with van der Waals surface area (Å²) in [6.45, 7) is 1.64. The lowest BCUT2D eigenvalue weighted by molar-refractivity contribution is 0.102. The molecular weight excluding hydrogens is 326 g/mol. The Kier molecular flexibility index (Phi) is 4.62. The number of hydrogen-bond acceptors (Lipinski definition) is 4. The smallest absolute Gasteiger partial charge is 0.257 e. The number of hydrogen-bond donors (Lipinski definition) is 2. The lowest BCUT2D eigenvalue weighted by atomic mass is 9.98. The molecule has 0 saturated heterocycles. The van der Waals surface area contributed by atoms with E-state index in [4.69, 9.17) is 4.74 Å². The molecule has 2 N–H and O–H groups in total. The number of nitrogens with one attached hydrogen (secondary N) is 2. The summed E-state index contributed by atoms with van der Waals surface area (Å²) in [5.41, 5.74) is 3.55. The highest BCUT2D eigenvalue weighted by molar-refractivity contribution is 6.05. The minimum absolute atomic E-state index is 0.132. The Bertz CT molecular complexity index is 908. The SMILES string of the molecule is O=C(Nc1ccc(Oc2ccccc2)cc1)c1cncc2c1CCNC2. The maximum atomic E-state index is 12.7. The zero-order valence-corrected chi connectivity index (χ0v) is 14.2. The van der Waals surface area contributed by atoms with Crippen LogP contribution in [0.15, 0.2) is 67.0 Å². The molecule has 1 amide bonds. The summed E-state index contributed by atoms with van der Waals surface area (Å²) in [6.07, 6.45) is 4.31. The average Bonchev–Trinajstić information content (AvgIpc) is 2.70. The van der Waals surface area contributed by atoms with Crippen molar-refractivity contribution in [2.75, 3.05) is 11.9 Å². The van der Waals surface area contributed by atoms with Gasteiger partial charge in [-0.2, -0.15) is 0 Å². The summed E-state index contributed by atoms with van der Waals surface area (Å²) in [4.78, 5) is 16.9. The number of aromatic nitrogens is 1. The van der Waals surface area contributed by atoms with Crippen molar-refractivity contribution in [2.24, 2.45) is 0 Å². The van der Waals surface area contributed by atoms with E-state index in [1.165, 1.54) is 0 Å². The third-order valence-electron chi connectivity index (χ3n) is 4.35. The molecule has 2 aromatic carbocycles. The number of pyridine rings is 1. The van der Waals surface area contributed by atoms with Crippen LogP contribution < -0.4 is 15.4 Å². The monoisotopic (exact) mass is 345 g/mol. The second-order valence-electron chi connectivity index (χ2n) is 6.15. The molecule has 0 spiro atoms. The number of amides is 1. The van der Waals surface area contributed by atoms with E-state index in [0.717, 1.165) is 47.8 Å². The van der Waals surface area contributed by atoms with Crippen molar-refractivity contribution >= 4 is 11.6 Å². The summed E-state index contributed by atoms with van der Waals surface area (Å²) in [6, 6.07) is 16.9. The third kappa shape index (κ3) is 3.58. The molecule has 5 heteroatoms. The molecule has 1 aliphatic heterocycles. The lowest BCUT2D eigenvalue weighted by Crippen LogP contribution is -2.27. The van der Waals surface area contributed by atoms with Crippen LogP contribution in [-0.2, 0) is 13.0 Å². The second-order valence-corrected chi connectivity index (χ2v) is 6.15. The van der Waals surface area contributed by atoms with Crippen LogP contribution in [0.5, 0.6) is 11.5 Å². The zero-order chi connectivity index (χ0) is 17.8. The highest BCUT2D eigenvalue weighted by Gasteiger charge is 2.18. The van der Waals surface area contributed by atoms with Crippen molar-refractivity contribution in [1.82, 2.24) is 10.3 Å². The number of rotatable bonds is 4. The van der Waals surface area contributed by atoms with Gasteiger partial charge in [-0.25, -0.2) is 0 Å². The van der Waals surface area contributed by atoms with Crippen molar-refractivity contribution in [2.45, 2.75) is 13.0 Å². The summed E-state index contributed by atoms with van der Waals surface area (Å²) in [5, 5.41) is 6.24. The van der Waals surface area contributed by atoms with Crippen LogP contribution in [0.25, 0.3) is 0 Å². The van der Waals surface area contributed by atoms with Gasteiger partial charge in [-0.15, -0.1) is 0 Å². The van der Waals surface area contributed by atoms with Gasteiger partial charge in [0.25, 0.3) is 5.91 Å². The van der Waals surface area contributed by atoms with Crippen LogP contribution in [-0.4, -0.2) is 17.4 Å². The number of fused-ring (bicyclic) bond motifs is 1. The van der Waals surface area contributed by atoms with E-state index >= 15 is 0 Å². The molecular formula is C21H19N3O2. The first kappa shape index (κ1) is 16.3. The highest BCUT2D eigenvalue weighted by Crippen LogP contribution is 2.23. The fourth-order valence-electron chi connectivity index (χ4n) is 3.04. The van der Waals surface area contributed by atoms with E-state index in [0.29, 0.717) is 5.56 Å². The van der Waals surface area contributed by atoms with Crippen LogP contribution in [0.2, 0.25) is 0 Å². The number of carbonyl (C=O) groups excluding carboxylic acids is 1. The van der Waals surface area contributed by atoms with E-state index in [-0.39, 0.29) is 5.91 Å². The first-order valence-corrected chi connectivity index (χ1v) is 8.60. The van der Waals surface area contributed by atoms with Gasteiger partial charge in [0.1, 0.15) is 11.5 Å². The molecule has 0 atom stereocenters. The summed E-state index contributed by atoms with van der Waals surface area (Å²) < 4.78 is 5.77. The number of anilines is 1. The third-order valence-corrected chi connectivity index (χ3v) is 4.35. The predicted octanol–water partition coefficient (Wildman–Crippen LogP) is 3.77. The van der Waals surface area contributed by atoms with Crippen LogP contribution in [0.4, 0.5) is 5.69 Å². The van der Waals surface area contributed by atoms with Gasteiger partial charge < -0.3 is 15.4 Å². The van der Waals surface area contributed by atoms with Crippen LogP contribution in [0, 0.1) is 0 Å². The number of benzene rings is 2. The molecule has 4 rings (SSSR count). The Morgan fingerprint density at radius 2 is 1.77 bits per heavy atom. The molecule has 2 heterocycles. The highest BCUT2D eigenvalue weighted by atomic mass is 16.5. The van der Waals surface area contributed by atoms with E-state index in [1.54, 1.807) is 6.20 Å². The molecule has 0 radical (unpaired) electrons. The minimum Gasteiger partial charge on any atom is -0.457 e.